The Morgan fingerprint density at radius 2 is 2.25 bits per heavy atom. The number of aliphatic hydroxyl groups is 1. The summed E-state index contributed by atoms with van der Waals surface area (Å²) in [6, 6.07) is 0. The molecule has 12 heavy (non-hydrogen) atoms. The summed E-state index contributed by atoms with van der Waals surface area (Å²) >= 11 is 4.73. The topological polar surface area (TPSA) is 58.7 Å². The minimum atomic E-state index is 0.0685. The normalized spacial score (nSPS) is 10.6. The zero-order valence-electron chi connectivity index (χ0n) is 7.32. The van der Waals surface area contributed by atoms with E-state index in [0.29, 0.717) is 24.7 Å². The largest absolute Gasteiger partial charge is 0.394 e. The van der Waals surface area contributed by atoms with Crippen LogP contribution in [-0.2, 0) is 4.74 Å². The maximum atomic E-state index is 8.40. The maximum absolute atomic E-state index is 8.40. The average molecular weight is 192 g/mol. The van der Waals surface area contributed by atoms with Gasteiger partial charge >= 0.3 is 0 Å². The molecule has 0 rings (SSSR count). The Hall–Kier alpha value is -0.230. The van der Waals surface area contributed by atoms with Crippen LogP contribution < -0.4 is 5.73 Å². The molecule has 0 aromatic carbocycles. The first-order valence-corrected chi connectivity index (χ1v) is 4.23. The van der Waals surface area contributed by atoms with Gasteiger partial charge < -0.3 is 15.6 Å². The van der Waals surface area contributed by atoms with Gasteiger partial charge in [-0.3, -0.25) is 4.90 Å². The van der Waals surface area contributed by atoms with Crippen LogP contribution in [0.2, 0.25) is 0 Å². The zero-order chi connectivity index (χ0) is 9.40. The number of nitrogens with zero attached hydrogens (tertiary/aromatic N) is 1. The minimum absolute atomic E-state index is 0.0685. The molecular formula is C7H16N2O2S. The molecule has 0 aliphatic rings. The monoisotopic (exact) mass is 192 g/mol. The van der Waals surface area contributed by atoms with Gasteiger partial charge in [0.2, 0.25) is 0 Å². The second-order valence-electron chi connectivity index (χ2n) is 2.54. The van der Waals surface area contributed by atoms with Crippen molar-refractivity contribution >= 4 is 17.2 Å². The molecule has 5 heteroatoms. The second kappa shape index (κ2) is 7.42. The molecule has 0 heterocycles. The summed E-state index contributed by atoms with van der Waals surface area (Å²) in [5.41, 5.74) is 5.33. The third-order valence-electron chi connectivity index (χ3n) is 1.28. The predicted octanol–water partition coefficient (Wildman–Crippen LogP) is -0.787. The average Bonchev–Trinajstić information content (AvgIpc) is 1.97. The maximum Gasteiger partial charge on any atom is 0.0869 e. The van der Waals surface area contributed by atoms with Gasteiger partial charge in [-0.2, -0.15) is 0 Å². The molecule has 0 atom stereocenters. The highest BCUT2D eigenvalue weighted by Crippen LogP contribution is 1.83. The van der Waals surface area contributed by atoms with E-state index in [2.05, 4.69) is 0 Å². The summed E-state index contributed by atoms with van der Waals surface area (Å²) in [4.78, 5) is 2.46. The Balaban J connectivity index is 3.19. The van der Waals surface area contributed by atoms with Crippen molar-refractivity contribution in [1.82, 2.24) is 4.90 Å². The van der Waals surface area contributed by atoms with Gasteiger partial charge in [0, 0.05) is 13.1 Å². The second-order valence-corrected chi connectivity index (χ2v) is 3.06. The Morgan fingerprint density at radius 1 is 1.58 bits per heavy atom. The molecule has 3 N–H and O–H groups in total. The summed E-state index contributed by atoms with van der Waals surface area (Å²) in [7, 11) is 1.92. The third-order valence-corrected chi connectivity index (χ3v) is 1.41. The molecule has 0 aliphatic heterocycles. The lowest BCUT2D eigenvalue weighted by molar-refractivity contribution is 0.0808. The standard InChI is InChI=1S/C7H16N2O2S/c1-9(6-7(8)12)2-4-11-5-3-10/h10H,2-6H2,1H3,(H2,8,12). The Kier molecular flexibility index (Phi) is 7.28. The van der Waals surface area contributed by atoms with E-state index in [-0.39, 0.29) is 6.61 Å². The van der Waals surface area contributed by atoms with Gasteiger partial charge in [-0.05, 0) is 7.05 Å². The van der Waals surface area contributed by atoms with Crippen LogP contribution in [0.15, 0.2) is 0 Å². The number of thiocarbonyl (C=S) groups is 1. The van der Waals surface area contributed by atoms with Crippen LogP contribution in [0.25, 0.3) is 0 Å². The minimum Gasteiger partial charge on any atom is -0.394 e. The molecule has 0 saturated carbocycles. The fraction of sp³-hybridized carbons (Fsp3) is 0.857. The summed E-state index contributed by atoms with van der Waals surface area (Å²) in [5.74, 6) is 0. The lowest BCUT2D eigenvalue weighted by Gasteiger charge is -2.14. The summed E-state index contributed by atoms with van der Waals surface area (Å²) in [6.07, 6.45) is 0. The van der Waals surface area contributed by atoms with Crippen molar-refractivity contribution in [3.63, 3.8) is 0 Å². The van der Waals surface area contributed by atoms with Crippen molar-refractivity contribution in [2.45, 2.75) is 0 Å². The van der Waals surface area contributed by atoms with Crippen molar-refractivity contribution in [3.8, 4) is 0 Å². The third kappa shape index (κ3) is 7.87. The van der Waals surface area contributed by atoms with Crippen molar-refractivity contribution in [2.75, 3.05) is 40.0 Å². The van der Waals surface area contributed by atoms with Crippen molar-refractivity contribution in [3.05, 3.63) is 0 Å². The lowest BCUT2D eigenvalue weighted by atomic mass is 10.5. The highest BCUT2D eigenvalue weighted by molar-refractivity contribution is 7.80. The molecule has 4 nitrogen and oxygen atoms in total. The fourth-order valence-corrected chi connectivity index (χ4v) is 0.952. The number of likely N-dealkylation sites (N-methyl/N-ethyl adjacent to an activating group) is 1. The van der Waals surface area contributed by atoms with E-state index >= 15 is 0 Å². The van der Waals surface area contributed by atoms with Gasteiger partial charge in [0.1, 0.15) is 0 Å². The van der Waals surface area contributed by atoms with Crippen LogP contribution in [0.3, 0.4) is 0 Å². The number of ether oxygens (including phenoxy) is 1. The number of nitrogens with two attached hydrogens (primary N) is 1. The molecule has 0 aromatic rings. The van der Waals surface area contributed by atoms with Gasteiger partial charge in [0.15, 0.2) is 0 Å². The van der Waals surface area contributed by atoms with Crippen LogP contribution in [0.1, 0.15) is 0 Å². The number of aliphatic hydroxyl groups excluding tert-OH is 1. The van der Waals surface area contributed by atoms with E-state index < -0.39 is 0 Å². The van der Waals surface area contributed by atoms with E-state index in [4.69, 9.17) is 27.8 Å². The lowest BCUT2D eigenvalue weighted by Crippen LogP contribution is -2.32. The molecule has 0 amide bonds. The first kappa shape index (κ1) is 11.8. The number of hydrogen-bond donors (Lipinski definition) is 2. The number of rotatable bonds is 7. The summed E-state index contributed by atoms with van der Waals surface area (Å²) in [5, 5.41) is 8.40. The Bertz CT molecular complexity index is 133. The van der Waals surface area contributed by atoms with E-state index in [1.54, 1.807) is 0 Å². The molecule has 0 aromatic heterocycles. The fourth-order valence-electron chi connectivity index (χ4n) is 0.732. The van der Waals surface area contributed by atoms with Crippen LogP contribution in [0, 0.1) is 0 Å². The smallest absolute Gasteiger partial charge is 0.0869 e. The van der Waals surface area contributed by atoms with E-state index in [1.165, 1.54) is 0 Å². The van der Waals surface area contributed by atoms with Crippen LogP contribution in [0.4, 0.5) is 0 Å². The SMILES string of the molecule is CN(CCOCCO)CC(N)=S. The molecule has 0 radical (unpaired) electrons. The first-order valence-electron chi connectivity index (χ1n) is 3.82. The first-order chi connectivity index (χ1) is 5.66. The summed E-state index contributed by atoms with van der Waals surface area (Å²) < 4.78 is 5.06. The van der Waals surface area contributed by atoms with Crippen molar-refractivity contribution in [2.24, 2.45) is 5.73 Å². The van der Waals surface area contributed by atoms with Gasteiger partial charge in [-0.25, -0.2) is 0 Å². The highest BCUT2D eigenvalue weighted by Gasteiger charge is 1.98. The van der Waals surface area contributed by atoms with Crippen LogP contribution in [-0.4, -0.2) is 55.0 Å². The molecule has 0 unspecified atom stereocenters. The quantitative estimate of drug-likeness (QED) is 0.409. The summed E-state index contributed by atoms with van der Waals surface area (Å²) in [6.45, 7) is 2.44. The van der Waals surface area contributed by atoms with E-state index in [9.17, 15) is 0 Å². The molecular weight excluding hydrogens is 176 g/mol. The molecule has 0 bridgehead atoms. The zero-order valence-corrected chi connectivity index (χ0v) is 8.14. The molecule has 0 saturated heterocycles. The Labute approximate surface area is 78.3 Å². The predicted molar refractivity (Wildman–Crippen MR) is 52.2 cm³/mol. The molecule has 0 spiro atoms. The van der Waals surface area contributed by atoms with Crippen molar-refractivity contribution < 1.29 is 9.84 Å². The molecule has 0 fully saturated rings. The highest BCUT2D eigenvalue weighted by atomic mass is 32.1. The molecule has 72 valence electrons. The number of hydrogen-bond acceptors (Lipinski definition) is 4. The van der Waals surface area contributed by atoms with Crippen LogP contribution >= 0.6 is 12.2 Å². The van der Waals surface area contributed by atoms with Gasteiger partial charge in [0.25, 0.3) is 0 Å². The van der Waals surface area contributed by atoms with E-state index in [1.807, 2.05) is 11.9 Å². The van der Waals surface area contributed by atoms with E-state index in [0.717, 1.165) is 6.54 Å². The van der Waals surface area contributed by atoms with Crippen molar-refractivity contribution in [1.29, 1.82) is 0 Å². The molecule has 0 aliphatic carbocycles. The van der Waals surface area contributed by atoms with Crippen LogP contribution in [0.5, 0.6) is 0 Å². The Morgan fingerprint density at radius 3 is 2.75 bits per heavy atom. The van der Waals surface area contributed by atoms with Gasteiger partial charge in [0.05, 0.1) is 24.8 Å². The van der Waals surface area contributed by atoms with Gasteiger partial charge in [-0.1, -0.05) is 12.2 Å². The van der Waals surface area contributed by atoms with Gasteiger partial charge in [-0.15, -0.1) is 0 Å².